The SMILES string of the molecule is CCCCc1ccc(C#Cc2c(C)cc(-c3ccc4ccccc4c3)cc2F)cc1. The molecule has 0 N–H and O–H groups in total. The molecule has 0 aliphatic heterocycles. The lowest BCUT2D eigenvalue weighted by Gasteiger charge is -2.08. The van der Waals surface area contributed by atoms with Crippen molar-refractivity contribution in [2.24, 2.45) is 0 Å². The molecular weight excluding hydrogens is 367 g/mol. The van der Waals surface area contributed by atoms with E-state index in [0.29, 0.717) is 5.56 Å². The Kier molecular flexibility index (Phi) is 5.96. The van der Waals surface area contributed by atoms with Gasteiger partial charge in [0.1, 0.15) is 5.82 Å². The van der Waals surface area contributed by atoms with Gasteiger partial charge >= 0.3 is 0 Å². The molecule has 1 heteroatoms. The zero-order valence-electron chi connectivity index (χ0n) is 17.5. The van der Waals surface area contributed by atoms with Gasteiger partial charge in [-0.1, -0.05) is 73.7 Å². The average Bonchev–Trinajstić information content (AvgIpc) is 2.77. The van der Waals surface area contributed by atoms with Gasteiger partial charge < -0.3 is 0 Å². The monoisotopic (exact) mass is 392 g/mol. The fourth-order valence-corrected chi connectivity index (χ4v) is 3.71. The normalized spacial score (nSPS) is 10.6. The van der Waals surface area contributed by atoms with E-state index >= 15 is 0 Å². The number of hydrogen-bond acceptors (Lipinski definition) is 0. The largest absolute Gasteiger partial charge is 0.206 e. The number of benzene rings is 4. The molecular formula is C29H25F. The average molecular weight is 393 g/mol. The maximum atomic E-state index is 14.9. The lowest BCUT2D eigenvalue weighted by Crippen LogP contribution is -1.92. The third-order valence-electron chi connectivity index (χ3n) is 5.47. The van der Waals surface area contributed by atoms with E-state index in [9.17, 15) is 4.39 Å². The van der Waals surface area contributed by atoms with E-state index in [1.807, 2.05) is 43.3 Å². The predicted molar refractivity (Wildman–Crippen MR) is 125 cm³/mol. The number of aryl methyl sites for hydroxylation is 2. The van der Waals surface area contributed by atoms with Crippen molar-refractivity contribution >= 4 is 10.8 Å². The van der Waals surface area contributed by atoms with E-state index in [2.05, 4.69) is 55.2 Å². The number of unbranched alkanes of at least 4 members (excludes halogenated alkanes) is 1. The highest BCUT2D eigenvalue weighted by Gasteiger charge is 2.08. The van der Waals surface area contributed by atoms with Gasteiger partial charge in [0.15, 0.2) is 0 Å². The van der Waals surface area contributed by atoms with Crippen LogP contribution >= 0.6 is 0 Å². The minimum Gasteiger partial charge on any atom is -0.206 e. The van der Waals surface area contributed by atoms with Gasteiger partial charge in [-0.25, -0.2) is 4.39 Å². The van der Waals surface area contributed by atoms with E-state index in [0.717, 1.165) is 34.1 Å². The van der Waals surface area contributed by atoms with Crippen LogP contribution in [0.15, 0.2) is 78.9 Å². The summed E-state index contributed by atoms with van der Waals surface area (Å²) in [7, 11) is 0. The van der Waals surface area contributed by atoms with Crippen LogP contribution in [-0.2, 0) is 6.42 Å². The Bertz CT molecular complexity index is 1210. The summed E-state index contributed by atoms with van der Waals surface area (Å²) in [6, 6.07) is 26.3. The van der Waals surface area contributed by atoms with Crippen LogP contribution in [0.1, 0.15) is 42.0 Å². The molecule has 4 aromatic rings. The van der Waals surface area contributed by atoms with E-state index in [1.165, 1.54) is 23.8 Å². The summed E-state index contributed by atoms with van der Waals surface area (Å²) in [4.78, 5) is 0. The molecule has 4 rings (SSSR count). The molecule has 0 bridgehead atoms. The molecule has 0 heterocycles. The van der Waals surface area contributed by atoms with Gasteiger partial charge in [0, 0.05) is 5.56 Å². The number of hydrogen-bond donors (Lipinski definition) is 0. The molecule has 30 heavy (non-hydrogen) atoms. The lowest BCUT2D eigenvalue weighted by atomic mass is 9.97. The Labute approximate surface area is 178 Å². The molecule has 0 atom stereocenters. The molecule has 0 saturated heterocycles. The quantitative estimate of drug-likeness (QED) is 0.312. The van der Waals surface area contributed by atoms with Crippen molar-refractivity contribution in [2.45, 2.75) is 33.1 Å². The summed E-state index contributed by atoms with van der Waals surface area (Å²) in [6.45, 7) is 4.12. The summed E-state index contributed by atoms with van der Waals surface area (Å²) < 4.78 is 14.9. The summed E-state index contributed by atoms with van der Waals surface area (Å²) in [5.74, 6) is 5.89. The van der Waals surface area contributed by atoms with Crippen molar-refractivity contribution in [3.63, 3.8) is 0 Å². The first-order chi connectivity index (χ1) is 14.6. The second-order valence-corrected chi connectivity index (χ2v) is 7.76. The van der Waals surface area contributed by atoms with Crippen LogP contribution < -0.4 is 0 Å². The summed E-state index contributed by atoms with van der Waals surface area (Å²) in [6.07, 6.45) is 3.47. The highest BCUT2D eigenvalue weighted by molar-refractivity contribution is 5.87. The predicted octanol–water partition coefficient (Wildman–Crippen LogP) is 7.70. The van der Waals surface area contributed by atoms with Gasteiger partial charge in [0.25, 0.3) is 0 Å². The van der Waals surface area contributed by atoms with Gasteiger partial charge in [-0.3, -0.25) is 0 Å². The topological polar surface area (TPSA) is 0 Å². The fourth-order valence-electron chi connectivity index (χ4n) is 3.71. The molecule has 4 aromatic carbocycles. The van der Waals surface area contributed by atoms with Crippen molar-refractivity contribution in [1.82, 2.24) is 0 Å². The zero-order chi connectivity index (χ0) is 20.9. The van der Waals surface area contributed by atoms with Gasteiger partial charge in [0.05, 0.1) is 5.56 Å². The highest BCUT2D eigenvalue weighted by atomic mass is 19.1. The summed E-state index contributed by atoms with van der Waals surface area (Å²) in [5.41, 5.74) is 5.44. The highest BCUT2D eigenvalue weighted by Crippen LogP contribution is 2.27. The summed E-state index contributed by atoms with van der Waals surface area (Å²) >= 11 is 0. The smallest absolute Gasteiger partial charge is 0.139 e. The summed E-state index contributed by atoms with van der Waals surface area (Å²) in [5, 5.41) is 2.33. The third kappa shape index (κ3) is 4.44. The second-order valence-electron chi connectivity index (χ2n) is 7.76. The Morgan fingerprint density at radius 1 is 0.767 bits per heavy atom. The molecule has 0 spiro atoms. The number of rotatable bonds is 4. The van der Waals surface area contributed by atoms with Crippen LogP contribution in [0, 0.1) is 24.6 Å². The Morgan fingerprint density at radius 2 is 1.53 bits per heavy atom. The molecule has 148 valence electrons. The molecule has 0 aromatic heterocycles. The van der Waals surface area contributed by atoms with Gasteiger partial charge in [-0.05, 0) is 83.1 Å². The van der Waals surface area contributed by atoms with Crippen molar-refractivity contribution in [2.75, 3.05) is 0 Å². The van der Waals surface area contributed by atoms with Gasteiger partial charge in [0.2, 0.25) is 0 Å². The zero-order valence-corrected chi connectivity index (χ0v) is 17.5. The van der Waals surface area contributed by atoms with Crippen LogP contribution in [0.3, 0.4) is 0 Å². The van der Waals surface area contributed by atoms with Crippen LogP contribution in [0.4, 0.5) is 4.39 Å². The molecule has 0 aliphatic rings. The van der Waals surface area contributed by atoms with Crippen molar-refractivity contribution in [3.8, 4) is 23.0 Å². The van der Waals surface area contributed by atoms with Crippen molar-refractivity contribution < 1.29 is 4.39 Å². The standard InChI is InChI=1S/C29H25F/c1-3-4-7-22-10-12-23(13-11-22)14-17-28-21(2)18-27(20-29(28)30)26-16-15-24-8-5-6-9-25(24)19-26/h5-6,8-13,15-16,18-20H,3-4,7H2,1-2H3. The molecule has 0 aliphatic carbocycles. The minimum atomic E-state index is -0.273. The molecule has 0 saturated carbocycles. The fraction of sp³-hybridized carbons (Fsp3) is 0.172. The molecule has 0 amide bonds. The molecule has 0 nitrogen and oxygen atoms in total. The van der Waals surface area contributed by atoms with E-state index < -0.39 is 0 Å². The first-order valence-electron chi connectivity index (χ1n) is 10.5. The molecule has 0 radical (unpaired) electrons. The first kappa shape index (κ1) is 19.9. The van der Waals surface area contributed by atoms with Crippen LogP contribution in [0.2, 0.25) is 0 Å². The van der Waals surface area contributed by atoms with Crippen LogP contribution in [0.5, 0.6) is 0 Å². The van der Waals surface area contributed by atoms with Crippen LogP contribution in [-0.4, -0.2) is 0 Å². The van der Waals surface area contributed by atoms with E-state index in [1.54, 1.807) is 6.07 Å². The lowest BCUT2D eigenvalue weighted by molar-refractivity contribution is 0.623. The molecule has 0 unspecified atom stereocenters. The maximum Gasteiger partial charge on any atom is 0.139 e. The Hall–Kier alpha value is -3.37. The minimum absolute atomic E-state index is 0.273. The third-order valence-corrected chi connectivity index (χ3v) is 5.47. The number of halogens is 1. The first-order valence-corrected chi connectivity index (χ1v) is 10.5. The van der Waals surface area contributed by atoms with Gasteiger partial charge in [-0.15, -0.1) is 0 Å². The van der Waals surface area contributed by atoms with Gasteiger partial charge in [-0.2, -0.15) is 0 Å². The second kappa shape index (κ2) is 8.97. The van der Waals surface area contributed by atoms with Crippen molar-refractivity contribution in [3.05, 3.63) is 107 Å². The van der Waals surface area contributed by atoms with E-state index in [-0.39, 0.29) is 5.82 Å². The Morgan fingerprint density at radius 3 is 2.27 bits per heavy atom. The van der Waals surface area contributed by atoms with Crippen LogP contribution in [0.25, 0.3) is 21.9 Å². The molecule has 0 fully saturated rings. The Balaban J connectivity index is 1.61. The number of fused-ring (bicyclic) bond motifs is 1. The van der Waals surface area contributed by atoms with Crippen molar-refractivity contribution in [1.29, 1.82) is 0 Å². The van der Waals surface area contributed by atoms with E-state index in [4.69, 9.17) is 0 Å². The maximum absolute atomic E-state index is 14.9.